The van der Waals surface area contributed by atoms with E-state index in [4.69, 9.17) is 4.74 Å². The van der Waals surface area contributed by atoms with E-state index in [1.165, 1.54) is 12.0 Å². The van der Waals surface area contributed by atoms with Crippen molar-refractivity contribution < 1.29 is 4.74 Å². The van der Waals surface area contributed by atoms with Gasteiger partial charge in [0.2, 0.25) is 0 Å². The molecule has 6 heteroatoms. The second-order valence-electron chi connectivity index (χ2n) is 6.34. The summed E-state index contributed by atoms with van der Waals surface area (Å²) in [5, 5.41) is 4.24. The Morgan fingerprint density at radius 3 is 3.14 bits per heavy atom. The Bertz CT molecular complexity index is 628. The van der Waals surface area contributed by atoms with E-state index in [-0.39, 0.29) is 6.10 Å². The molecule has 0 amide bonds. The molecule has 0 radical (unpaired) electrons. The van der Waals surface area contributed by atoms with Gasteiger partial charge in [0.1, 0.15) is 12.4 Å². The molecule has 6 nitrogen and oxygen atoms in total. The maximum atomic E-state index is 6.27. The smallest absolute Gasteiger partial charge is 0.115 e. The monoisotopic (exact) mass is 299 g/mol. The minimum atomic E-state index is 0.136. The minimum absolute atomic E-state index is 0.136. The molecule has 0 spiro atoms. The lowest BCUT2D eigenvalue weighted by Gasteiger charge is -2.33. The van der Waals surface area contributed by atoms with Crippen molar-refractivity contribution >= 4 is 0 Å². The predicted octanol–water partition coefficient (Wildman–Crippen LogP) is 1.56. The molecule has 2 aliphatic rings. The number of ether oxygens (including phenoxy) is 1. The fourth-order valence-electron chi connectivity index (χ4n) is 3.63. The quantitative estimate of drug-likeness (QED) is 0.861. The summed E-state index contributed by atoms with van der Waals surface area (Å²) >= 11 is 0. The second-order valence-corrected chi connectivity index (χ2v) is 6.34. The third-order valence-corrected chi connectivity index (χ3v) is 4.74. The van der Waals surface area contributed by atoms with E-state index in [0.717, 1.165) is 31.7 Å². The highest BCUT2D eigenvalue weighted by Crippen LogP contribution is 2.40. The molecule has 2 aliphatic heterocycles. The van der Waals surface area contributed by atoms with Crippen LogP contribution in [0.4, 0.5) is 0 Å². The van der Waals surface area contributed by atoms with Gasteiger partial charge in [-0.05, 0) is 31.4 Å². The number of aryl methyl sites for hydroxylation is 1. The van der Waals surface area contributed by atoms with E-state index in [1.54, 1.807) is 12.5 Å². The van der Waals surface area contributed by atoms with Gasteiger partial charge in [-0.1, -0.05) is 0 Å². The van der Waals surface area contributed by atoms with Gasteiger partial charge in [0, 0.05) is 38.1 Å². The van der Waals surface area contributed by atoms with E-state index < -0.39 is 0 Å². The Morgan fingerprint density at radius 1 is 1.41 bits per heavy atom. The van der Waals surface area contributed by atoms with Gasteiger partial charge in [-0.2, -0.15) is 5.10 Å². The van der Waals surface area contributed by atoms with Gasteiger partial charge in [-0.3, -0.25) is 9.58 Å². The number of aromatic nitrogens is 4. The topological polar surface area (TPSA) is 56.1 Å². The van der Waals surface area contributed by atoms with E-state index in [0.29, 0.717) is 12.0 Å². The van der Waals surface area contributed by atoms with Crippen LogP contribution in [0.15, 0.2) is 31.0 Å². The van der Waals surface area contributed by atoms with Crippen molar-refractivity contribution in [2.75, 3.05) is 13.1 Å². The summed E-state index contributed by atoms with van der Waals surface area (Å²) in [7, 11) is 1.96. The molecule has 4 heterocycles. The number of nitrogens with zero attached hydrogens (tertiary/aromatic N) is 5. The maximum Gasteiger partial charge on any atom is 0.115 e. The zero-order chi connectivity index (χ0) is 14.9. The van der Waals surface area contributed by atoms with Crippen LogP contribution in [0.5, 0.6) is 0 Å². The molecule has 2 saturated heterocycles. The molecule has 116 valence electrons. The fourth-order valence-corrected chi connectivity index (χ4v) is 3.63. The molecule has 2 aromatic heterocycles. The van der Waals surface area contributed by atoms with Crippen LogP contribution in [0, 0.1) is 5.92 Å². The molecule has 3 atom stereocenters. The van der Waals surface area contributed by atoms with E-state index >= 15 is 0 Å². The number of likely N-dealkylation sites (tertiary alicyclic amines) is 1. The van der Waals surface area contributed by atoms with Crippen molar-refractivity contribution in [2.45, 2.75) is 31.6 Å². The van der Waals surface area contributed by atoms with Crippen molar-refractivity contribution in [3.63, 3.8) is 0 Å². The normalized spacial score (nSPS) is 28.7. The van der Waals surface area contributed by atoms with Crippen molar-refractivity contribution in [1.82, 2.24) is 24.6 Å². The summed E-state index contributed by atoms with van der Waals surface area (Å²) in [5.41, 5.74) is 2.29. The molecular formula is C16H21N5O. The van der Waals surface area contributed by atoms with Gasteiger partial charge in [0.15, 0.2) is 0 Å². The largest absolute Gasteiger partial charge is 0.367 e. The Morgan fingerprint density at radius 2 is 2.36 bits per heavy atom. The van der Waals surface area contributed by atoms with Gasteiger partial charge in [0.25, 0.3) is 0 Å². The van der Waals surface area contributed by atoms with Crippen molar-refractivity contribution in [2.24, 2.45) is 13.0 Å². The van der Waals surface area contributed by atoms with Gasteiger partial charge in [-0.15, -0.1) is 0 Å². The van der Waals surface area contributed by atoms with Crippen LogP contribution in [0.25, 0.3) is 0 Å². The van der Waals surface area contributed by atoms with Crippen LogP contribution in [0.1, 0.15) is 30.2 Å². The molecule has 0 aromatic carbocycles. The molecule has 0 aliphatic carbocycles. The number of hydrogen-bond donors (Lipinski definition) is 0. The molecule has 22 heavy (non-hydrogen) atoms. The SMILES string of the molecule is Cn1cc(CN2CC[C@H]3C[C@H](c4ccncn4)O[C@@H]3C2)cn1. The molecule has 0 bridgehead atoms. The molecule has 2 aromatic rings. The first-order valence-electron chi connectivity index (χ1n) is 7.89. The van der Waals surface area contributed by atoms with Crippen LogP contribution in [0.3, 0.4) is 0 Å². The number of rotatable bonds is 3. The first-order chi connectivity index (χ1) is 10.8. The van der Waals surface area contributed by atoms with E-state index in [9.17, 15) is 0 Å². The first-order valence-corrected chi connectivity index (χ1v) is 7.89. The van der Waals surface area contributed by atoms with Crippen LogP contribution in [0.2, 0.25) is 0 Å². The summed E-state index contributed by atoms with van der Waals surface area (Å²) in [6.07, 6.45) is 10.2. The first kappa shape index (κ1) is 13.8. The third kappa shape index (κ3) is 2.76. The van der Waals surface area contributed by atoms with E-state index in [1.807, 2.05) is 24.0 Å². The fraction of sp³-hybridized carbons (Fsp3) is 0.562. The molecule has 0 N–H and O–H groups in total. The zero-order valence-corrected chi connectivity index (χ0v) is 12.8. The summed E-state index contributed by atoms with van der Waals surface area (Å²) < 4.78 is 8.13. The van der Waals surface area contributed by atoms with Gasteiger partial charge in [-0.25, -0.2) is 9.97 Å². The Balaban J connectivity index is 1.39. The highest BCUT2D eigenvalue weighted by Gasteiger charge is 2.40. The van der Waals surface area contributed by atoms with Gasteiger partial charge < -0.3 is 4.74 Å². The highest BCUT2D eigenvalue weighted by atomic mass is 16.5. The number of hydrogen-bond acceptors (Lipinski definition) is 5. The average Bonchev–Trinajstić information content (AvgIpc) is 3.14. The zero-order valence-electron chi connectivity index (χ0n) is 12.8. The Hall–Kier alpha value is -1.79. The van der Waals surface area contributed by atoms with Crippen LogP contribution in [-0.4, -0.2) is 43.8 Å². The summed E-state index contributed by atoms with van der Waals surface area (Å²) in [5.74, 6) is 0.658. The van der Waals surface area contributed by atoms with Gasteiger partial charge in [0.05, 0.1) is 18.0 Å². The third-order valence-electron chi connectivity index (χ3n) is 4.74. The molecular weight excluding hydrogens is 278 g/mol. The van der Waals surface area contributed by atoms with Crippen LogP contribution < -0.4 is 0 Å². The van der Waals surface area contributed by atoms with Gasteiger partial charge >= 0.3 is 0 Å². The Labute approximate surface area is 130 Å². The Kier molecular flexibility index (Phi) is 3.63. The number of piperidine rings is 1. The summed E-state index contributed by atoms with van der Waals surface area (Å²) in [6, 6.07) is 1.97. The lowest BCUT2D eigenvalue weighted by Crippen LogP contribution is -2.41. The van der Waals surface area contributed by atoms with Crippen LogP contribution in [-0.2, 0) is 18.3 Å². The molecule has 0 saturated carbocycles. The second kappa shape index (κ2) is 5.78. The summed E-state index contributed by atoms with van der Waals surface area (Å²) in [6.45, 7) is 3.09. The lowest BCUT2D eigenvalue weighted by atomic mass is 9.91. The van der Waals surface area contributed by atoms with Crippen molar-refractivity contribution in [3.05, 3.63) is 42.2 Å². The predicted molar refractivity (Wildman–Crippen MR) is 80.9 cm³/mol. The lowest BCUT2D eigenvalue weighted by molar-refractivity contribution is -0.0106. The van der Waals surface area contributed by atoms with Crippen LogP contribution >= 0.6 is 0 Å². The minimum Gasteiger partial charge on any atom is -0.367 e. The number of fused-ring (bicyclic) bond motifs is 1. The standard InChI is InChI=1S/C16H21N5O/c1-20-8-12(7-19-20)9-21-5-3-13-6-15(22-16(13)10-21)14-2-4-17-11-18-14/h2,4,7-8,11,13,15-16H,3,5-6,9-10H2,1H3/t13-,15+,16+/m0/s1. The van der Waals surface area contributed by atoms with Crippen molar-refractivity contribution in [3.8, 4) is 0 Å². The molecule has 2 fully saturated rings. The van der Waals surface area contributed by atoms with Crippen molar-refractivity contribution in [1.29, 1.82) is 0 Å². The molecule has 4 rings (SSSR count). The molecule has 0 unspecified atom stereocenters. The highest BCUT2D eigenvalue weighted by molar-refractivity contribution is 5.07. The maximum absolute atomic E-state index is 6.27. The summed E-state index contributed by atoms with van der Waals surface area (Å²) in [4.78, 5) is 10.8. The average molecular weight is 299 g/mol. The van der Waals surface area contributed by atoms with E-state index in [2.05, 4.69) is 26.2 Å².